The second kappa shape index (κ2) is 9.65. The van der Waals surface area contributed by atoms with E-state index in [0.717, 1.165) is 5.56 Å². The van der Waals surface area contributed by atoms with Crippen molar-refractivity contribution in [1.29, 1.82) is 0 Å². The maximum atomic E-state index is 13.0. The zero-order valence-electron chi connectivity index (χ0n) is 18.0. The third-order valence-electron chi connectivity index (χ3n) is 5.31. The minimum Gasteiger partial charge on any atom is -0.493 e. The van der Waals surface area contributed by atoms with Crippen LogP contribution in [0.25, 0.3) is 22.2 Å². The Morgan fingerprint density at radius 2 is 1.75 bits per heavy atom. The first kappa shape index (κ1) is 21.6. The highest BCUT2D eigenvalue weighted by Gasteiger charge is 2.21. The number of morpholine rings is 1. The lowest BCUT2D eigenvalue weighted by atomic mass is 10.0. The molecular formula is C24H24N2O6. The lowest BCUT2D eigenvalue weighted by Gasteiger charge is -2.26. The molecule has 3 aromatic rings. The molecule has 1 aromatic heterocycles. The van der Waals surface area contributed by atoms with Crippen molar-refractivity contribution in [3.8, 4) is 22.8 Å². The van der Waals surface area contributed by atoms with Crippen molar-refractivity contribution in [2.45, 2.75) is 0 Å². The Labute approximate surface area is 185 Å². The number of amides is 1. The second-order valence-electron chi connectivity index (χ2n) is 7.21. The van der Waals surface area contributed by atoms with Gasteiger partial charge in [-0.1, -0.05) is 18.2 Å². The average Bonchev–Trinajstić information content (AvgIpc) is 2.86. The summed E-state index contributed by atoms with van der Waals surface area (Å²) >= 11 is 0. The molecule has 2 aromatic carbocycles. The van der Waals surface area contributed by atoms with Crippen LogP contribution >= 0.6 is 0 Å². The predicted octanol–water partition coefficient (Wildman–Crippen LogP) is 2.93. The number of carbonyl (C=O) groups is 2. The van der Waals surface area contributed by atoms with Crippen LogP contribution in [0.15, 0.2) is 48.5 Å². The van der Waals surface area contributed by atoms with Crippen LogP contribution in [-0.2, 0) is 14.3 Å². The molecule has 1 amide bonds. The minimum absolute atomic E-state index is 0.236. The standard InChI is InChI=1S/C24H24N2O6/c1-29-21-8-7-16(13-22(21)30-2)20-14-18(17-5-3-4-6-19(17)25-20)24(28)32-15-23(27)26-9-11-31-12-10-26/h3-8,13-14H,9-12,15H2,1-2H3. The smallest absolute Gasteiger partial charge is 0.339 e. The van der Waals surface area contributed by atoms with Crippen molar-refractivity contribution < 1.29 is 28.5 Å². The van der Waals surface area contributed by atoms with Gasteiger partial charge in [0.05, 0.1) is 44.2 Å². The maximum absolute atomic E-state index is 13.0. The Kier molecular flexibility index (Phi) is 6.51. The third kappa shape index (κ3) is 4.50. The van der Waals surface area contributed by atoms with Gasteiger partial charge in [0, 0.05) is 24.0 Å². The number of ether oxygens (including phenoxy) is 4. The number of aromatic nitrogens is 1. The van der Waals surface area contributed by atoms with E-state index in [9.17, 15) is 9.59 Å². The molecule has 0 aliphatic carbocycles. The highest BCUT2D eigenvalue weighted by atomic mass is 16.5. The fourth-order valence-electron chi connectivity index (χ4n) is 3.60. The van der Waals surface area contributed by atoms with Gasteiger partial charge in [0.15, 0.2) is 18.1 Å². The first-order chi connectivity index (χ1) is 15.6. The van der Waals surface area contributed by atoms with Crippen LogP contribution in [0.4, 0.5) is 0 Å². The van der Waals surface area contributed by atoms with E-state index in [2.05, 4.69) is 0 Å². The van der Waals surface area contributed by atoms with Crippen LogP contribution in [-0.4, -0.2) is 68.9 Å². The van der Waals surface area contributed by atoms with Crippen LogP contribution in [0.5, 0.6) is 11.5 Å². The van der Waals surface area contributed by atoms with E-state index in [0.29, 0.717) is 60.0 Å². The number of pyridine rings is 1. The monoisotopic (exact) mass is 436 g/mol. The molecule has 0 N–H and O–H groups in total. The average molecular weight is 436 g/mol. The van der Waals surface area contributed by atoms with Crippen LogP contribution in [0.3, 0.4) is 0 Å². The largest absolute Gasteiger partial charge is 0.493 e. The van der Waals surface area contributed by atoms with Crippen LogP contribution in [0, 0.1) is 0 Å². The number of esters is 1. The number of hydrogen-bond acceptors (Lipinski definition) is 7. The molecule has 0 atom stereocenters. The van der Waals surface area contributed by atoms with E-state index in [1.54, 1.807) is 43.4 Å². The summed E-state index contributed by atoms with van der Waals surface area (Å²) in [6.07, 6.45) is 0. The lowest BCUT2D eigenvalue weighted by molar-refractivity contribution is -0.138. The highest BCUT2D eigenvalue weighted by molar-refractivity contribution is 6.05. The van der Waals surface area contributed by atoms with Gasteiger partial charge < -0.3 is 23.8 Å². The molecule has 1 fully saturated rings. The number of hydrogen-bond donors (Lipinski definition) is 0. The van der Waals surface area contributed by atoms with Crippen molar-refractivity contribution in [1.82, 2.24) is 9.88 Å². The molecule has 8 nitrogen and oxygen atoms in total. The number of methoxy groups -OCH3 is 2. The van der Waals surface area contributed by atoms with Gasteiger partial charge in [-0.2, -0.15) is 0 Å². The quantitative estimate of drug-likeness (QED) is 0.549. The van der Waals surface area contributed by atoms with Gasteiger partial charge in [-0.05, 0) is 30.3 Å². The predicted molar refractivity (Wildman–Crippen MR) is 118 cm³/mol. The molecule has 1 saturated heterocycles. The molecule has 0 saturated carbocycles. The van der Waals surface area contributed by atoms with E-state index in [1.807, 2.05) is 24.3 Å². The van der Waals surface area contributed by atoms with Crippen molar-refractivity contribution in [2.24, 2.45) is 0 Å². The normalized spacial score (nSPS) is 13.6. The van der Waals surface area contributed by atoms with Crippen LogP contribution < -0.4 is 9.47 Å². The molecule has 32 heavy (non-hydrogen) atoms. The Balaban J connectivity index is 1.63. The lowest BCUT2D eigenvalue weighted by Crippen LogP contribution is -2.42. The molecule has 0 bridgehead atoms. The Bertz CT molecular complexity index is 1140. The molecule has 2 heterocycles. The molecular weight excluding hydrogens is 412 g/mol. The van der Waals surface area contributed by atoms with E-state index in [1.165, 1.54) is 0 Å². The molecule has 0 radical (unpaired) electrons. The summed E-state index contributed by atoms with van der Waals surface area (Å²) in [6, 6.07) is 14.4. The first-order valence-corrected chi connectivity index (χ1v) is 10.3. The molecule has 8 heteroatoms. The highest BCUT2D eigenvalue weighted by Crippen LogP contribution is 2.33. The number of para-hydroxylation sites is 1. The van der Waals surface area contributed by atoms with Crippen molar-refractivity contribution in [3.63, 3.8) is 0 Å². The molecule has 4 rings (SSSR count). The Hall–Kier alpha value is -3.65. The van der Waals surface area contributed by atoms with E-state index in [-0.39, 0.29) is 12.5 Å². The van der Waals surface area contributed by atoms with Gasteiger partial charge in [-0.3, -0.25) is 4.79 Å². The summed E-state index contributed by atoms with van der Waals surface area (Å²) in [5.41, 5.74) is 2.32. The SMILES string of the molecule is COc1ccc(-c2cc(C(=O)OCC(=O)N3CCOCC3)c3ccccc3n2)cc1OC. The van der Waals surface area contributed by atoms with E-state index in [4.69, 9.17) is 23.9 Å². The molecule has 166 valence electrons. The number of fused-ring (bicyclic) bond motifs is 1. The first-order valence-electron chi connectivity index (χ1n) is 10.3. The van der Waals surface area contributed by atoms with E-state index < -0.39 is 5.97 Å². The summed E-state index contributed by atoms with van der Waals surface area (Å²) in [4.78, 5) is 31.7. The van der Waals surface area contributed by atoms with Crippen LogP contribution in [0.1, 0.15) is 10.4 Å². The zero-order chi connectivity index (χ0) is 22.5. The number of carbonyl (C=O) groups excluding carboxylic acids is 2. The van der Waals surface area contributed by atoms with Gasteiger partial charge in [-0.15, -0.1) is 0 Å². The van der Waals surface area contributed by atoms with Gasteiger partial charge in [0.25, 0.3) is 5.91 Å². The second-order valence-corrected chi connectivity index (χ2v) is 7.21. The zero-order valence-corrected chi connectivity index (χ0v) is 18.0. The topological polar surface area (TPSA) is 87.2 Å². The van der Waals surface area contributed by atoms with Gasteiger partial charge >= 0.3 is 5.97 Å². The number of rotatable bonds is 6. The fourth-order valence-corrected chi connectivity index (χ4v) is 3.60. The van der Waals surface area contributed by atoms with Gasteiger partial charge in [0.2, 0.25) is 0 Å². The summed E-state index contributed by atoms with van der Waals surface area (Å²) in [5.74, 6) is 0.338. The van der Waals surface area contributed by atoms with Crippen LogP contribution in [0.2, 0.25) is 0 Å². The van der Waals surface area contributed by atoms with Crippen molar-refractivity contribution in [2.75, 3.05) is 47.1 Å². The number of benzene rings is 2. The van der Waals surface area contributed by atoms with E-state index >= 15 is 0 Å². The molecule has 1 aliphatic heterocycles. The fraction of sp³-hybridized carbons (Fsp3) is 0.292. The molecule has 0 spiro atoms. The Morgan fingerprint density at radius 3 is 2.50 bits per heavy atom. The summed E-state index contributed by atoms with van der Waals surface area (Å²) < 4.78 is 21.3. The molecule has 0 unspecified atom stereocenters. The summed E-state index contributed by atoms with van der Waals surface area (Å²) in [5, 5.41) is 0.653. The van der Waals surface area contributed by atoms with Crippen molar-refractivity contribution in [3.05, 3.63) is 54.1 Å². The van der Waals surface area contributed by atoms with Gasteiger partial charge in [0.1, 0.15) is 0 Å². The molecule has 1 aliphatic rings. The van der Waals surface area contributed by atoms with Gasteiger partial charge in [-0.25, -0.2) is 9.78 Å². The third-order valence-corrected chi connectivity index (χ3v) is 5.31. The minimum atomic E-state index is -0.577. The maximum Gasteiger partial charge on any atom is 0.339 e. The summed E-state index contributed by atoms with van der Waals surface area (Å²) in [6.45, 7) is 1.66. The number of nitrogens with zero attached hydrogens (tertiary/aromatic N) is 2. The summed E-state index contributed by atoms with van der Waals surface area (Å²) in [7, 11) is 3.13. The van der Waals surface area contributed by atoms with Crippen molar-refractivity contribution >= 4 is 22.8 Å². The Morgan fingerprint density at radius 1 is 1.00 bits per heavy atom.